The molecule has 0 fully saturated rings. The number of nitrogens with one attached hydrogen (secondary N) is 1. The van der Waals surface area contributed by atoms with Gasteiger partial charge in [0.05, 0.1) is 5.69 Å². The molecule has 0 radical (unpaired) electrons. The van der Waals surface area contributed by atoms with Crippen LogP contribution in [0.15, 0.2) is 24.3 Å². The zero-order valence-corrected chi connectivity index (χ0v) is 13.3. The van der Waals surface area contributed by atoms with Crippen LogP contribution in [0, 0.1) is 6.92 Å². The van der Waals surface area contributed by atoms with Crippen LogP contribution in [0.25, 0.3) is 0 Å². The monoisotopic (exact) mass is 311 g/mol. The summed E-state index contributed by atoms with van der Waals surface area (Å²) in [5, 5.41) is 8.40. The fourth-order valence-corrected chi connectivity index (χ4v) is 2.55. The molecule has 2 aromatic rings. The lowest BCUT2D eigenvalue weighted by atomic mass is 10.1. The molecule has 0 amide bonds. The molecule has 1 N–H and O–H groups in total. The number of benzene rings is 1. The number of hydrogen-bond acceptors (Lipinski definition) is 2. The van der Waals surface area contributed by atoms with Gasteiger partial charge in [-0.1, -0.05) is 23.7 Å². The van der Waals surface area contributed by atoms with Gasteiger partial charge in [-0.25, -0.2) is 0 Å². The summed E-state index contributed by atoms with van der Waals surface area (Å²) in [5.74, 6) is 0.697. The minimum absolute atomic E-state index is 0.678. The predicted octanol–water partition coefficient (Wildman–Crippen LogP) is 4.17. The molecule has 1 aromatic carbocycles. The van der Waals surface area contributed by atoms with E-state index in [9.17, 15) is 0 Å². The van der Waals surface area contributed by atoms with Crippen molar-refractivity contribution in [3.8, 4) is 0 Å². The molecule has 0 unspecified atom stereocenters. The Bertz CT molecular complexity index is 578. The first-order valence-corrected chi connectivity index (χ1v) is 7.60. The third kappa shape index (κ3) is 3.68. The van der Waals surface area contributed by atoms with Crippen molar-refractivity contribution in [2.45, 2.75) is 26.3 Å². The minimum atomic E-state index is 0.678. The summed E-state index contributed by atoms with van der Waals surface area (Å²) < 4.78 is 1.70. The number of nitrogens with zero attached hydrogens (tertiary/aromatic N) is 2. The maximum Gasteiger partial charge on any atom is 0.131 e. The van der Waals surface area contributed by atoms with Gasteiger partial charge in [0.15, 0.2) is 0 Å². The molecule has 0 saturated heterocycles. The third-order valence-corrected chi connectivity index (χ3v) is 4.01. The molecule has 0 aliphatic heterocycles. The van der Waals surface area contributed by atoms with E-state index in [4.69, 9.17) is 23.2 Å². The van der Waals surface area contributed by atoms with E-state index in [-0.39, 0.29) is 0 Å². The highest BCUT2D eigenvalue weighted by Gasteiger charge is 2.10. The zero-order chi connectivity index (χ0) is 14.5. The second-order valence-electron chi connectivity index (χ2n) is 4.82. The van der Waals surface area contributed by atoms with Gasteiger partial charge in [-0.05, 0) is 37.5 Å². The highest BCUT2D eigenvalue weighted by Crippen LogP contribution is 2.20. The lowest BCUT2D eigenvalue weighted by molar-refractivity contribution is 0.757. The molecule has 5 heteroatoms. The average Bonchev–Trinajstić information content (AvgIpc) is 2.68. The predicted molar refractivity (Wildman–Crippen MR) is 85.8 cm³/mol. The lowest BCUT2D eigenvalue weighted by Crippen LogP contribution is -2.01. The zero-order valence-electron chi connectivity index (χ0n) is 11.8. The maximum absolute atomic E-state index is 6.23. The van der Waals surface area contributed by atoms with Crippen LogP contribution in [0.4, 0.5) is 5.69 Å². The van der Waals surface area contributed by atoms with Gasteiger partial charge in [0.25, 0.3) is 0 Å². The van der Waals surface area contributed by atoms with Gasteiger partial charge < -0.3 is 5.32 Å². The molecule has 1 aromatic heterocycles. The Balaban J connectivity index is 2.03. The van der Waals surface area contributed by atoms with Crippen molar-refractivity contribution in [1.29, 1.82) is 0 Å². The molecule has 0 spiro atoms. The average molecular weight is 312 g/mol. The first-order chi connectivity index (χ1) is 9.61. The largest absolute Gasteiger partial charge is 0.381 e. The van der Waals surface area contributed by atoms with Crippen LogP contribution in [0.3, 0.4) is 0 Å². The number of alkyl halides is 1. The highest BCUT2D eigenvalue weighted by atomic mass is 35.5. The van der Waals surface area contributed by atoms with Crippen LogP contribution in [-0.2, 0) is 20.0 Å². The number of anilines is 1. The van der Waals surface area contributed by atoms with Gasteiger partial charge in [0.1, 0.15) is 5.15 Å². The third-order valence-electron chi connectivity index (χ3n) is 3.27. The van der Waals surface area contributed by atoms with E-state index in [0.717, 1.165) is 29.8 Å². The van der Waals surface area contributed by atoms with Crippen LogP contribution < -0.4 is 5.32 Å². The van der Waals surface area contributed by atoms with Crippen molar-refractivity contribution in [1.82, 2.24) is 9.78 Å². The second-order valence-corrected chi connectivity index (χ2v) is 5.56. The van der Waals surface area contributed by atoms with Crippen molar-refractivity contribution < 1.29 is 0 Å². The standard InChI is InChI=1S/C15H19Cl2N3/c1-11-14(15(17)20(2)19-11)10-18-13-7-3-5-12(9-13)6-4-8-16/h3,5,7,9,18H,4,6,8,10H2,1-2H3. The van der Waals surface area contributed by atoms with E-state index in [2.05, 4.69) is 34.7 Å². The Hall–Kier alpha value is -1.19. The van der Waals surface area contributed by atoms with E-state index in [1.54, 1.807) is 4.68 Å². The Labute approximate surface area is 129 Å². The summed E-state index contributed by atoms with van der Waals surface area (Å²) in [7, 11) is 1.85. The fourth-order valence-electron chi connectivity index (χ4n) is 2.17. The van der Waals surface area contributed by atoms with Crippen molar-refractivity contribution >= 4 is 28.9 Å². The van der Waals surface area contributed by atoms with Gasteiger partial charge >= 0.3 is 0 Å². The van der Waals surface area contributed by atoms with Crippen LogP contribution in [0.5, 0.6) is 0 Å². The number of rotatable bonds is 6. The lowest BCUT2D eigenvalue weighted by Gasteiger charge is -2.08. The van der Waals surface area contributed by atoms with Crippen molar-refractivity contribution in [3.63, 3.8) is 0 Å². The summed E-state index contributed by atoms with van der Waals surface area (Å²) in [4.78, 5) is 0. The topological polar surface area (TPSA) is 29.9 Å². The van der Waals surface area contributed by atoms with Gasteiger partial charge in [0, 0.05) is 30.7 Å². The van der Waals surface area contributed by atoms with E-state index in [1.165, 1.54) is 5.56 Å². The van der Waals surface area contributed by atoms with Crippen molar-refractivity contribution in [2.75, 3.05) is 11.2 Å². The van der Waals surface area contributed by atoms with E-state index in [0.29, 0.717) is 17.6 Å². The quantitative estimate of drug-likeness (QED) is 0.812. The molecular weight excluding hydrogens is 293 g/mol. The first-order valence-electron chi connectivity index (χ1n) is 6.68. The number of halogens is 2. The molecule has 0 aliphatic rings. The summed E-state index contributed by atoms with van der Waals surface area (Å²) in [6, 6.07) is 8.40. The summed E-state index contributed by atoms with van der Waals surface area (Å²) in [6.07, 6.45) is 2.00. The Morgan fingerprint density at radius 1 is 1.35 bits per heavy atom. The molecule has 1 heterocycles. The van der Waals surface area contributed by atoms with E-state index in [1.807, 2.05) is 14.0 Å². The Kier molecular flexibility index (Phi) is 5.32. The summed E-state index contributed by atoms with van der Waals surface area (Å²) in [6.45, 7) is 2.65. The SMILES string of the molecule is Cc1nn(C)c(Cl)c1CNc1cccc(CCCCl)c1. The fraction of sp³-hybridized carbons (Fsp3) is 0.400. The maximum atomic E-state index is 6.23. The summed E-state index contributed by atoms with van der Waals surface area (Å²) >= 11 is 12.0. The molecule has 0 aliphatic carbocycles. The van der Waals surface area contributed by atoms with E-state index >= 15 is 0 Å². The Morgan fingerprint density at radius 3 is 2.80 bits per heavy atom. The molecule has 2 rings (SSSR count). The molecule has 0 atom stereocenters. The van der Waals surface area contributed by atoms with Crippen molar-refractivity contribution in [3.05, 3.63) is 46.2 Å². The van der Waals surface area contributed by atoms with Crippen molar-refractivity contribution in [2.24, 2.45) is 7.05 Å². The minimum Gasteiger partial charge on any atom is -0.381 e. The molecule has 0 bridgehead atoms. The molecular formula is C15H19Cl2N3. The summed E-state index contributed by atoms with van der Waals surface area (Å²) in [5.41, 5.74) is 4.39. The van der Waals surface area contributed by atoms with Crippen LogP contribution in [0.2, 0.25) is 5.15 Å². The first kappa shape index (κ1) is 15.2. The highest BCUT2D eigenvalue weighted by molar-refractivity contribution is 6.30. The molecule has 3 nitrogen and oxygen atoms in total. The number of aryl methyl sites for hydroxylation is 3. The van der Waals surface area contributed by atoms with E-state index < -0.39 is 0 Å². The normalized spacial score (nSPS) is 10.8. The van der Waals surface area contributed by atoms with Crippen LogP contribution in [-0.4, -0.2) is 15.7 Å². The molecule has 20 heavy (non-hydrogen) atoms. The van der Waals surface area contributed by atoms with Gasteiger partial charge in [-0.3, -0.25) is 4.68 Å². The van der Waals surface area contributed by atoms with Gasteiger partial charge in [-0.15, -0.1) is 11.6 Å². The van der Waals surface area contributed by atoms with Crippen LogP contribution in [0.1, 0.15) is 23.2 Å². The molecule has 108 valence electrons. The van der Waals surface area contributed by atoms with Gasteiger partial charge in [0.2, 0.25) is 0 Å². The Morgan fingerprint density at radius 2 is 2.15 bits per heavy atom. The number of aromatic nitrogens is 2. The van der Waals surface area contributed by atoms with Gasteiger partial charge in [-0.2, -0.15) is 5.10 Å². The number of hydrogen-bond donors (Lipinski definition) is 1. The second kappa shape index (κ2) is 7.00. The molecule has 0 saturated carbocycles. The van der Waals surface area contributed by atoms with Crippen LogP contribution >= 0.6 is 23.2 Å². The smallest absolute Gasteiger partial charge is 0.131 e.